The van der Waals surface area contributed by atoms with Gasteiger partial charge >= 0.3 is 0 Å². The molecule has 0 radical (unpaired) electrons. The summed E-state index contributed by atoms with van der Waals surface area (Å²) in [4.78, 5) is 15.4. The molecule has 3 aromatic heterocycles. The van der Waals surface area contributed by atoms with Gasteiger partial charge < -0.3 is 4.98 Å². The first-order valence-corrected chi connectivity index (χ1v) is 5.98. The van der Waals surface area contributed by atoms with Gasteiger partial charge in [-0.3, -0.25) is 0 Å². The molecule has 0 bridgehead atoms. The largest absolute Gasteiger partial charge is 0.340 e. The summed E-state index contributed by atoms with van der Waals surface area (Å²) in [5.41, 5.74) is 3.27. The summed E-state index contributed by atoms with van der Waals surface area (Å²) in [6, 6.07) is 0. The van der Waals surface area contributed by atoms with Crippen LogP contribution < -0.4 is 0 Å². The van der Waals surface area contributed by atoms with Crippen molar-refractivity contribution in [1.82, 2.24) is 29.7 Å². The highest BCUT2D eigenvalue weighted by Gasteiger charge is 2.16. The molecule has 0 aliphatic carbocycles. The normalized spacial score (nSPS) is 11.3. The number of hydrogen-bond donors (Lipinski definition) is 1. The maximum atomic E-state index is 6.34. The minimum absolute atomic E-state index is 0.588. The minimum atomic E-state index is 0.588. The Kier molecular flexibility index (Phi) is 2.52. The topological polar surface area (TPSA) is 72.3 Å². The lowest BCUT2D eigenvalue weighted by Crippen LogP contribution is -2.02. The fourth-order valence-electron chi connectivity index (χ4n) is 1.99. The average Bonchev–Trinajstić information content (AvgIpc) is 2.94. The van der Waals surface area contributed by atoms with Crippen molar-refractivity contribution in [1.29, 1.82) is 0 Å². The SMILES string of the molecule is CCc1c(C)nn(-c2ncnc3nc[nH]c23)c1Cl. The molecule has 0 saturated carbocycles. The van der Waals surface area contributed by atoms with E-state index in [0.717, 1.165) is 23.2 Å². The Morgan fingerprint density at radius 2 is 2.17 bits per heavy atom. The third kappa shape index (κ3) is 1.49. The Bertz CT molecular complexity index is 713. The van der Waals surface area contributed by atoms with Crippen LogP contribution in [0.25, 0.3) is 17.0 Å². The quantitative estimate of drug-likeness (QED) is 0.767. The Hall–Kier alpha value is -1.95. The first kappa shape index (κ1) is 11.2. The monoisotopic (exact) mass is 262 g/mol. The van der Waals surface area contributed by atoms with Gasteiger partial charge in [-0.1, -0.05) is 18.5 Å². The maximum Gasteiger partial charge on any atom is 0.184 e. The molecule has 0 fully saturated rings. The summed E-state index contributed by atoms with van der Waals surface area (Å²) >= 11 is 6.34. The highest BCUT2D eigenvalue weighted by molar-refractivity contribution is 6.30. The zero-order valence-electron chi connectivity index (χ0n) is 9.98. The van der Waals surface area contributed by atoms with E-state index in [2.05, 4.69) is 25.0 Å². The highest BCUT2D eigenvalue weighted by Crippen LogP contribution is 2.25. The molecule has 0 spiro atoms. The van der Waals surface area contributed by atoms with E-state index in [1.807, 2.05) is 13.8 Å². The van der Waals surface area contributed by atoms with E-state index < -0.39 is 0 Å². The molecule has 0 aromatic carbocycles. The van der Waals surface area contributed by atoms with Crippen LogP contribution in [0.1, 0.15) is 18.2 Å². The number of rotatable bonds is 2. The van der Waals surface area contributed by atoms with Crippen LogP contribution >= 0.6 is 11.6 Å². The molecule has 18 heavy (non-hydrogen) atoms. The summed E-state index contributed by atoms with van der Waals surface area (Å²) in [6.45, 7) is 3.98. The number of fused-ring (bicyclic) bond motifs is 1. The first-order valence-electron chi connectivity index (χ1n) is 5.60. The van der Waals surface area contributed by atoms with E-state index in [0.29, 0.717) is 16.6 Å². The van der Waals surface area contributed by atoms with Gasteiger partial charge in [0.2, 0.25) is 0 Å². The molecule has 1 N–H and O–H groups in total. The van der Waals surface area contributed by atoms with Crippen LogP contribution in [-0.4, -0.2) is 29.7 Å². The van der Waals surface area contributed by atoms with Crippen molar-refractivity contribution in [3.63, 3.8) is 0 Å². The molecule has 92 valence electrons. The number of hydrogen-bond acceptors (Lipinski definition) is 4. The predicted molar refractivity (Wildman–Crippen MR) is 67.9 cm³/mol. The van der Waals surface area contributed by atoms with Crippen molar-refractivity contribution in [3.05, 3.63) is 29.1 Å². The summed E-state index contributed by atoms with van der Waals surface area (Å²) in [5.74, 6) is 0.616. The van der Waals surface area contributed by atoms with Crippen LogP contribution in [0, 0.1) is 6.92 Å². The number of aromatic amines is 1. The molecular formula is C11H11ClN6. The maximum absolute atomic E-state index is 6.34. The Balaban J connectivity index is 2.29. The first-order chi connectivity index (χ1) is 8.72. The van der Waals surface area contributed by atoms with Crippen molar-refractivity contribution in [2.24, 2.45) is 0 Å². The Morgan fingerprint density at radius 1 is 1.33 bits per heavy atom. The number of imidazole rings is 1. The second kappa shape index (κ2) is 4.06. The molecule has 7 heteroatoms. The van der Waals surface area contributed by atoms with E-state index in [1.54, 1.807) is 11.0 Å². The number of aryl methyl sites for hydroxylation is 1. The molecule has 0 amide bonds. The zero-order valence-corrected chi connectivity index (χ0v) is 10.7. The van der Waals surface area contributed by atoms with Crippen LogP contribution in [0.3, 0.4) is 0 Å². The lowest BCUT2D eigenvalue weighted by molar-refractivity contribution is 0.835. The van der Waals surface area contributed by atoms with E-state index in [9.17, 15) is 0 Å². The molecule has 3 rings (SSSR count). The Morgan fingerprint density at radius 3 is 2.89 bits per heavy atom. The number of nitrogens with zero attached hydrogens (tertiary/aromatic N) is 5. The van der Waals surface area contributed by atoms with Crippen molar-refractivity contribution < 1.29 is 0 Å². The summed E-state index contributed by atoms with van der Waals surface area (Å²) < 4.78 is 1.62. The van der Waals surface area contributed by atoms with E-state index in [4.69, 9.17) is 11.6 Å². The third-order valence-electron chi connectivity index (χ3n) is 2.88. The molecule has 3 heterocycles. The van der Waals surface area contributed by atoms with Gasteiger partial charge in [-0.25, -0.2) is 19.6 Å². The molecule has 0 atom stereocenters. The molecule has 0 unspecified atom stereocenters. The molecule has 0 aliphatic rings. The van der Waals surface area contributed by atoms with Crippen molar-refractivity contribution >= 4 is 22.8 Å². The molecular weight excluding hydrogens is 252 g/mol. The van der Waals surface area contributed by atoms with Crippen LogP contribution in [0.15, 0.2) is 12.7 Å². The van der Waals surface area contributed by atoms with Gasteiger partial charge in [-0.15, -0.1) is 0 Å². The van der Waals surface area contributed by atoms with E-state index >= 15 is 0 Å². The van der Waals surface area contributed by atoms with E-state index in [-0.39, 0.29) is 0 Å². The fourth-order valence-corrected chi connectivity index (χ4v) is 2.37. The molecule has 3 aromatic rings. The fraction of sp³-hybridized carbons (Fsp3) is 0.273. The van der Waals surface area contributed by atoms with E-state index in [1.165, 1.54) is 6.33 Å². The molecule has 0 aliphatic heterocycles. The third-order valence-corrected chi connectivity index (χ3v) is 3.27. The number of H-pyrrole nitrogens is 1. The van der Waals surface area contributed by atoms with Crippen LogP contribution in [0.5, 0.6) is 0 Å². The lowest BCUT2D eigenvalue weighted by atomic mass is 10.2. The highest BCUT2D eigenvalue weighted by atomic mass is 35.5. The summed E-state index contributed by atoms with van der Waals surface area (Å²) in [6.07, 6.45) is 3.87. The second-order valence-corrected chi connectivity index (χ2v) is 4.28. The zero-order chi connectivity index (χ0) is 12.7. The molecule has 0 saturated heterocycles. The van der Waals surface area contributed by atoms with Gasteiger partial charge in [-0.05, 0) is 13.3 Å². The van der Waals surface area contributed by atoms with Crippen LogP contribution in [-0.2, 0) is 6.42 Å². The number of nitrogens with one attached hydrogen (secondary N) is 1. The van der Waals surface area contributed by atoms with Gasteiger partial charge in [0.15, 0.2) is 11.5 Å². The number of halogens is 1. The van der Waals surface area contributed by atoms with Crippen molar-refractivity contribution in [2.45, 2.75) is 20.3 Å². The average molecular weight is 263 g/mol. The molecule has 6 nitrogen and oxygen atoms in total. The van der Waals surface area contributed by atoms with Gasteiger partial charge in [0.05, 0.1) is 12.0 Å². The predicted octanol–water partition coefficient (Wildman–Crippen LogP) is 2.06. The van der Waals surface area contributed by atoms with Gasteiger partial charge in [0.1, 0.15) is 17.0 Å². The summed E-state index contributed by atoms with van der Waals surface area (Å²) in [5, 5.41) is 5.02. The van der Waals surface area contributed by atoms with Gasteiger partial charge in [0, 0.05) is 5.56 Å². The van der Waals surface area contributed by atoms with Crippen LogP contribution in [0.4, 0.5) is 0 Å². The van der Waals surface area contributed by atoms with Gasteiger partial charge in [0.25, 0.3) is 0 Å². The lowest BCUT2D eigenvalue weighted by Gasteiger charge is -2.02. The van der Waals surface area contributed by atoms with Crippen molar-refractivity contribution in [3.8, 4) is 5.82 Å². The standard InChI is InChI=1S/C11H11ClN6/c1-3-7-6(2)17-18(9(7)12)11-8-10(14-4-13-8)15-5-16-11/h4-5H,3H2,1-2H3,(H,13,14,15,16). The summed E-state index contributed by atoms with van der Waals surface area (Å²) in [7, 11) is 0. The van der Waals surface area contributed by atoms with Crippen LogP contribution in [0.2, 0.25) is 5.15 Å². The van der Waals surface area contributed by atoms with Gasteiger partial charge in [-0.2, -0.15) is 5.10 Å². The smallest absolute Gasteiger partial charge is 0.184 e. The minimum Gasteiger partial charge on any atom is -0.340 e. The second-order valence-electron chi connectivity index (χ2n) is 3.92. The number of aromatic nitrogens is 6. The van der Waals surface area contributed by atoms with Crippen molar-refractivity contribution in [2.75, 3.05) is 0 Å². The Labute approximate surface area is 108 Å².